The van der Waals surface area contributed by atoms with Crippen molar-refractivity contribution in [2.24, 2.45) is 0 Å². The molecule has 2 aliphatic heterocycles. The predicted octanol–water partition coefficient (Wildman–Crippen LogP) is 3.78. The summed E-state index contributed by atoms with van der Waals surface area (Å²) < 4.78 is 28.5. The first-order chi connectivity index (χ1) is 13.4. The molecule has 0 N–H and O–H groups in total. The second kappa shape index (κ2) is 7.44. The molecular formula is C21H24N2O3S2. The number of sulfonamides is 1. The molecule has 7 heteroatoms. The monoisotopic (exact) mass is 416 g/mol. The zero-order chi connectivity index (χ0) is 19.9. The number of nitrogens with zero attached hydrogens (tertiary/aromatic N) is 2. The van der Waals surface area contributed by atoms with Crippen molar-refractivity contribution in [1.29, 1.82) is 0 Å². The van der Waals surface area contributed by atoms with Crippen LogP contribution in [0.15, 0.2) is 52.3 Å². The molecule has 1 atom stereocenters. The third-order valence-electron chi connectivity index (χ3n) is 5.50. The Kier molecular flexibility index (Phi) is 5.14. The molecule has 4 rings (SSSR count). The number of rotatable bonds is 4. The van der Waals surface area contributed by atoms with Gasteiger partial charge in [-0.2, -0.15) is 0 Å². The normalized spacial score (nSPS) is 19.1. The molecule has 0 spiro atoms. The zero-order valence-corrected chi connectivity index (χ0v) is 17.7. The van der Waals surface area contributed by atoms with E-state index in [4.69, 9.17) is 0 Å². The number of likely N-dealkylation sites (tertiary alicyclic amines) is 1. The van der Waals surface area contributed by atoms with Gasteiger partial charge < -0.3 is 4.90 Å². The second-order valence-electron chi connectivity index (χ2n) is 7.34. The SMILES string of the molecule is CSc1ccc(S(=O)(=O)N2c3ccccc3C[C@@H]2C)cc1C(=O)N1CCCC1. The molecule has 0 unspecified atom stereocenters. The topological polar surface area (TPSA) is 57.7 Å². The number of carbonyl (C=O) groups excluding carboxylic acids is 1. The van der Waals surface area contributed by atoms with E-state index >= 15 is 0 Å². The van der Waals surface area contributed by atoms with Gasteiger partial charge in [-0.3, -0.25) is 9.10 Å². The number of thioether (sulfide) groups is 1. The van der Waals surface area contributed by atoms with Gasteiger partial charge in [0.1, 0.15) is 0 Å². The van der Waals surface area contributed by atoms with Gasteiger partial charge in [0.05, 0.1) is 16.1 Å². The highest BCUT2D eigenvalue weighted by atomic mass is 32.2. The van der Waals surface area contributed by atoms with Crippen molar-refractivity contribution in [3.05, 3.63) is 53.6 Å². The number of amides is 1. The Balaban J connectivity index is 1.76. The molecule has 2 aromatic carbocycles. The van der Waals surface area contributed by atoms with E-state index < -0.39 is 10.0 Å². The third kappa shape index (κ3) is 3.20. The quantitative estimate of drug-likeness (QED) is 0.712. The molecule has 28 heavy (non-hydrogen) atoms. The lowest BCUT2D eigenvalue weighted by Crippen LogP contribution is -2.36. The number of carbonyl (C=O) groups is 1. The van der Waals surface area contributed by atoms with E-state index in [-0.39, 0.29) is 16.8 Å². The smallest absolute Gasteiger partial charge is 0.264 e. The summed E-state index contributed by atoms with van der Waals surface area (Å²) in [4.78, 5) is 15.8. The van der Waals surface area contributed by atoms with Crippen LogP contribution in [-0.2, 0) is 16.4 Å². The maximum Gasteiger partial charge on any atom is 0.264 e. The van der Waals surface area contributed by atoms with Crippen molar-refractivity contribution >= 4 is 33.4 Å². The van der Waals surface area contributed by atoms with Gasteiger partial charge in [-0.25, -0.2) is 8.42 Å². The van der Waals surface area contributed by atoms with Gasteiger partial charge in [-0.1, -0.05) is 18.2 Å². The molecule has 0 aliphatic carbocycles. The zero-order valence-electron chi connectivity index (χ0n) is 16.1. The fraction of sp³-hybridized carbons (Fsp3) is 0.381. The fourth-order valence-electron chi connectivity index (χ4n) is 4.12. The Morgan fingerprint density at radius 3 is 2.54 bits per heavy atom. The fourth-order valence-corrected chi connectivity index (χ4v) is 6.41. The van der Waals surface area contributed by atoms with Crippen LogP contribution in [0.4, 0.5) is 5.69 Å². The van der Waals surface area contributed by atoms with E-state index in [1.165, 1.54) is 16.1 Å². The summed E-state index contributed by atoms with van der Waals surface area (Å²) in [5.41, 5.74) is 2.25. The molecule has 1 amide bonds. The molecule has 5 nitrogen and oxygen atoms in total. The molecule has 1 saturated heterocycles. The van der Waals surface area contributed by atoms with Crippen molar-refractivity contribution in [3.8, 4) is 0 Å². The first-order valence-electron chi connectivity index (χ1n) is 9.53. The van der Waals surface area contributed by atoms with E-state index in [1.807, 2.05) is 42.3 Å². The lowest BCUT2D eigenvalue weighted by Gasteiger charge is -2.25. The Labute approximate surface area is 170 Å². The molecule has 0 saturated carbocycles. The van der Waals surface area contributed by atoms with Gasteiger partial charge in [0.15, 0.2) is 0 Å². The summed E-state index contributed by atoms with van der Waals surface area (Å²) in [5, 5.41) is 0. The first kappa shape index (κ1) is 19.3. The lowest BCUT2D eigenvalue weighted by molar-refractivity contribution is 0.0789. The summed E-state index contributed by atoms with van der Waals surface area (Å²) in [7, 11) is -3.75. The molecule has 2 heterocycles. The Hall–Kier alpha value is -1.99. The minimum Gasteiger partial charge on any atom is -0.339 e. The number of para-hydroxylation sites is 1. The molecule has 0 aromatic heterocycles. The van der Waals surface area contributed by atoms with Crippen molar-refractivity contribution in [2.75, 3.05) is 23.7 Å². The van der Waals surface area contributed by atoms with E-state index in [1.54, 1.807) is 18.2 Å². The van der Waals surface area contributed by atoms with Crippen LogP contribution in [0.25, 0.3) is 0 Å². The van der Waals surface area contributed by atoms with Crippen LogP contribution in [0.5, 0.6) is 0 Å². The number of fused-ring (bicyclic) bond motifs is 1. The minimum absolute atomic E-state index is 0.0752. The van der Waals surface area contributed by atoms with E-state index in [0.717, 1.165) is 42.1 Å². The summed E-state index contributed by atoms with van der Waals surface area (Å²) in [6.45, 7) is 3.39. The van der Waals surface area contributed by atoms with E-state index in [0.29, 0.717) is 12.0 Å². The molecule has 0 bridgehead atoms. The average molecular weight is 417 g/mol. The molecular weight excluding hydrogens is 392 g/mol. The van der Waals surface area contributed by atoms with Gasteiger partial charge in [0.2, 0.25) is 0 Å². The maximum absolute atomic E-state index is 13.5. The molecule has 148 valence electrons. The van der Waals surface area contributed by atoms with Gasteiger partial charge >= 0.3 is 0 Å². The van der Waals surface area contributed by atoms with Crippen LogP contribution in [0.3, 0.4) is 0 Å². The van der Waals surface area contributed by atoms with Gasteiger partial charge in [0.25, 0.3) is 15.9 Å². The summed E-state index contributed by atoms with van der Waals surface area (Å²) in [6, 6.07) is 12.4. The summed E-state index contributed by atoms with van der Waals surface area (Å²) in [5.74, 6) is -0.0752. The Morgan fingerprint density at radius 2 is 1.82 bits per heavy atom. The second-order valence-corrected chi connectivity index (χ2v) is 10.0. The van der Waals surface area contributed by atoms with Crippen LogP contribution in [-0.4, -0.2) is 44.6 Å². The van der Waals surface area contributed by atoms with E-state index in [2.05, 4.69) is 0 Å². The third-order valence-corrected chi connectivity index (χ3v) is 8.22. The lowest BCUT2D eigenvalue weighted by atomic mass is 10.1. The van der Waals surface area contributed by atoms with Gasteiger partial charge in [0, 0.05) is 24.0 Å². The highest BCUT2D eigenvalue weighted by molar-refractivity contribution is 7.98. The van der Waals surface area contributed by atoms with Crippen LogP contribution in [0.1, 0.15) is 35.7 Å². The Morgan fingerprint density at radius 1 is 1.11 bits per heavy atom. The van der Waals surface area contributed by atoms with Crippen LogP contribution in [0, 0.1) is 0 Å². The van der Waals surface area contributed by atoms with Crippen LogP contribution >= 0.6 is 11.8 Å². The largest absolute Gasteiger partial charge is 0.339 e. The Bertz CT molecular complexity index is 1010. The van der Waals surface area contributed by atoms with Crippen molar-refractivity contribution in [1.82, 2.24) is 4.90 Å². The molecule has 1 fully saturated rings. The summed E-state index contributed by atoms with van der Waals surface area (Å²) >= 11 is 1.47. The highest BCUT2D eigenvalue weighted by Gasteiger charge is 2.36. The first-order valence-corrected chi connectivity index (χ1v) is 12.2. The van der Waals surface area contributed by atoms with Gasteiger partial charge in [-0.15, -0.1) is 11.8 Å². The van der Waals surface area contributed by atoms with Crippen LogP contribution < -0.4 is 4.31 Å². The van der Waals surface area contributed by atoms with Gasteiger partial charge in [-0.05, 0) is 62.3 Å². The predicted molar refractivity (Wildman–Crippen MR) is 113 cm³/mol. The van der Waals surface area contributed by atoms with Crippen molar-refractivity contribution in [2.45, 2.75) is 42.0 Å². The number of anilines is 1. The number of hydrogen-bond acceptors (Lipinski definition) is 4. The minimum atomic E-state index is -3.75. The molecule has 2 aliphatic rings. The number of hydrogen-bond donors (Lipinski definition) is 0. The van der Waals surface area contributed by atoms with Crippen LogP contribution in [0.2, 0.25) is 0 Å². The van der Waals surface area contributed by atoms with E-state index in [9.17, 15) is 13.2 Å². The van der Waals surface area contributed by atoms with Crippen molar-refractivity contribution in [3.63, 3.8) is 0 Å². The summed E-state index contributed by atoms with van der Waals surface area (Å²) in [6.07, 6.45) is 4.60. The maximum atomic E-state index is 13.5. The molecule has 0 radical (unpaired) electrons. The average Bonchev–Trinajstić information content (AvgIpc) is 3.34. The standard InChI is InChI=1S/C21H24N2O3S2/c1-15-13-16-7-3-4-8-19(16)23(15)28(25,26)17-9-10-20(27-2)18(14-17)21(24)22-11-5-6-12-22/h3-4,7-10,14-15H,5-6,11-13H2,1-2H3/t15-/m0/s1. The molecule has 2 aromatic rings. The van der Waals surface area contributed by atoms with Crippen molar-refractivity contribution < 1.29 is 13.2 Å². The number of benzene rings is 2. The highest BCUT2D eigenvalue weighted by Crippen LogP contribution is 2.37.